The van der Waals surface area contributed by atoms with E-state index in [1.54, 1.807) is 32.9 Å². The standard InChI is InChI=1S/C17H18F3N/c1-10-7-13(8-11(2)17(10)20)9-21-12(3)16-14(18)5-4-6-15(16)19/h4-8,12,21H,9H2,1-3H3. The fraction of sp³-hybridized carbons (Fsp3) is 0.294. The van der Waals surface area contributed by atoms with Crippen LogP contribution in [0.25, 0.3) is 0 Å². The minimum Gasteiger partial charge on any atom is -0.306 e. The van der Waals surface area contributed by atoms with E-state index in [2.05, 4.69) is 5.32 Å². The van der Waals surface area contributed by atoms with Gasteiger partial charge in [0.15, 0.2) is 0 Å². The summed E-state index contributed by atoms with van der Waals surface area (Å²) in [4.78, 5) is 0. The second-order valence-electron chi connectivity index (χ2n) is 5.28. The summed E-state index contributed by atoms with van der Waals surface area (Å²) in [6, 6.07) is 6.82. The van der Waals surface area contributed by atoms with E-state index in [0.717, 1.165) is 5.56 Å². The van der Waals surface area contributed by atoms with Crippen molar-refractivity contribution in [1.29, 1.82) is 0 Å². The van der Waals surface area contributed by atoms with E-state index in [9.17, 15) is 13.2 Å². The summed E-state index contributed by atoms with van der Waals surface area (Å²) in [6.07, 6.45) is 0. The third-order valence-corrected chi connectivity index (χ3v) is 3.54. The van der Waals surface area contributed by atoms with Gasteiger partial charge in [0, 0.05) is 18.2 Å². The number of halogens is 3. The van der Waals surface area contributed by atoms with Gasteiger partial charge < -0.3 is 5.32 Å². The first-order valence-corrected chi connectivity index (χ1v) is 6.83. The minimum absolute atomic E-state index is 0.0213. The Balaban J connectivity index is 2.13. The number of nitrogens with one attached hydrogen (secondary N) is 1. The van der Waals surface area contributed by atoms with Crippen LogP contribution < -0.4 is 5.32 Å². The summed E-state index contributed by atoms with van der Waals surface area (Å²) in [5.41, 5.74) is 2.04. The molecule has 1 atom stereocenters. The van der Waals surface area contributed by atoms with E-state index >= 15 is 0 Å². The predicted octanol–water partition coefficient (Wildman–Crippen LogP) is 4.57. The Bertz CT molecular complexity index is 609. The molecule has 0 aromatic heterocycles. The summed E-state index contributed by atoms with van der Waals surface area (Å²) < 4.78 is 40.9. The second-order valence-corrected chi connectivity index (χ2v) is 5.28. The fourth-order valence-corrected chi connectivity index (χ4v) is 2.44. The molecule has 0 aliphatic carbocycles. The van der Waals surface area contributed by atoms with Crippen LogP contribution in [0.3, 0.4) is 0 Å². The molecule has 0 saturated carbocycles. The zero-order valence-electron chi connectivity index (χ0n) is 12.3. The van der Waals surface area contributed by atoms with E-state index in [0.29, 0.717) is 17.7 Å². The second kappa shape index (κ2) is 6.31. The molecular weight excluding hydrogens is 275 g/mol. The van der Waals surface area contributed by atoms with Crippen molar-refractivity contribution in [2.24, 2.45) is 0 Å². The normalized spacial score (nSPS) is 12.5. The number of benzene rings is 2. The molecule has 1 nitrogen and oxygen atoms in total. The van der Waals surface area contributed by atoms with E-state index in [1.807, 2.05) is 0 Å². The molecule has 0 aliphatic rings. The van der Waals surface area contributed by atoms with Crippen LogP contribution in [-0.4, -0.2) is 0 Å². The Hall–Kier alpha value is -1.81. The van der Waals surface area contributed by atoms with Gasteiger partial charge in [-0.15, -0.1) is 0 Å². The average molecular weight is 293 g/mol. The molecule has 2 aromatic rings. The van der Waals surface area contributed by atoms with Crippen LogP contribution >= 0.6 is 0 Å². The highest BCUT2D eigenvalue weighted by Gasteiger charge is 2.15. The molecular formula is C17H18F3N. The quantitative estimate of drug-likeness (QED) is 0.870. The topological polar surface area (TPSA) is 12.0 Å². The van der Waals surface area contributed by atoms with Crippen LogP contribution in [0.1, 0.15) is 35.2 Å². The zero-order valence-corrected chi connectivity index (χ0v) is 12.3. The van der Waals surface area contributed by atoms with Gasteiger partial charge in [0.25, 0.3) is 0 Å². The van der Waals surface area contributed by atoms with Crippen LogP contribution in [0.5, 0.6) is 0 Å². The van der Waals surface area contributed by atoms with Gasteiger partial charge in [0.1, 0.15) is 17.5 Å². The number of hydrogen-bond acceptors (Lipinski definition) is 1. The first-order valence-electron chi connectivity index (χ1n) is 6.83. The van der Waals surface area contributed by atoms with Gasteiger partial charge in [-0.25, -0.2) is 13.2 Å². The molecule has 2 aromatic carbocycles. The summed E-state index contributed by atoms with van der Waals surface area (Å²) in [7, 11) is 0. The lowest BCUT2D eigenvalue weighted by Crippen LogP contribution is -2.20. The van der Waals surface area contributed by atoms with Crippen molar-refractivity contribution < 1.29 is 13.2 Å². The Labute approximate surface area is 122 Å². The van der Waals surface area contributed by atoms with Crippen LogP contribution in [0.4, 0.5) is 13.2 Å². The van der Waals surface area contributed by atoms with Crippen LogP contribution in [0, 0.1) is 31.3 Å². The third-order valence-electron chi connectivity index (χ3n) is 3.54. The van der Waals surface area contributed by atoms with Crippen molar-refractivity contribution >= 4 is 0 Å². The molecule has 1 N–H and O–H groups in total. The van der Waals surface area contributed by atoms with Crippen molar-refractivity contribution in [3.63, 3.8) is 0 Å². The summed E-state index contributed by atoms with van der Waals surface area (Å²) in [5.74, 6) is -1.35. The molecule has 0 aliphatic heterocycles. The van der Waals surface area contributed by atoms with Crippen molar-refractivity contribution in [2.45, 2.75) is 33.4 Å². The Morgan fingerprint density at radius 2 is 1.52 bits per heavy atom. The lowest BCUT2D eigenvalue weighted by atomic mass is 10.0. The van der Waals surface area contributed by atoms with Gasteiger partial charge in [-0.3, -0.25) is 0 Å². The molecule has 1 unspecified atom stereocenters. The number of aryl methyl sites for hydroxylation is 2. The molecule has 112 valence electrons. The molecule has 2 rings (SSSR count). The molecule has 4 heteroatoms. The van der Waals surface area contributed by atoms with Gasteiger partial charge in [0.2, 0.25) is 0 Å². The van der Waals surface area contributed by atoms with Gasteiger partial charge in [-0.05, 0) is 49.6 Å². The molecule has 21 heavy (non-hydrogen) atoms. The average Bonchev–Trinajstić information content (AvgIpc) is 2.42. The van der Waals surface area contributed by atoms with Crippen molar-refractivity contribution in [2.75, 3.05) is 0 Å². The minimum atomic E-state index is -0.568. The molecule has 0 amide bonds. The lowest BCUT2D eigenvalue weighted by molar-refractivity contribution is 0.487. The van der Waals surface area contributed by atoms with E-state index in [1.165, 1.54) is 18.2 Å². The highest BCUT2D eigenvalue weighted by molar-refractivity contribution is 5.30. The fourth-order valence-electron chi connectivity index (χ4n) is 2.44. The summed E-state index contributed by atoms with van der Waals surface area (Å²) in [6.45, 7) is 5.51. The van der Waals surface area contributed by atoms with Crippen LogP contribution in [0.15, 0.2) is 30.3 Å². The molecule has 0 bridgehead atoms. The van der Waals surface area contributed by atoms with E-state index in [-0.39, 0.29) is 11.4 Å². The molecule has 0 saturated heterocycles. The van der Waals surface area contributed by atoms with Crippen LogP contribution in [-0.2, 0) is 6.54 Å². The lowest BCUT2D eigenvalue weighted by Gasteiger charge is -2.16. The Kier molecular flexibility index (Phi) is 4.68. The molecule has 0 radical (unpaired) electrons. The highest BCUT2D eigenvalue weighted by atomic mass is 19.1. The first kappa shape index (κ1) is 15.6. The SMILES string of the molecule is Cc1cc(CNC(C)c2c(F)cccc2F)cc(C)c1F. The highest BCUT2D eigenvalue weighted by Crippen LogP contribution is 2.21. The van der Waals surface area contributed by atoms with E-state index in [4.69, 9.17) is 0 Å². The summed E-state index contributed by atoms with van der Waals surface area (Å²) in [5, 5.41) is 3.07. The third kappa shape index (κ3) is 3.45. The number of hydrogen-bond donors (Lipinski definition) is 1. The molecule has 0 spiro atoms. The maximum Gasteiger partial charge on any atom is 0.130 e. The van der Waals surface area contributed by atoms with Gasteiger partial charge in [0.05, 0.1) is 0 Å². The van der Waals surface area contributed by atoms with Gasteiger partial charge in [-0.1, -0.05) is 18.2 Å². The van der Waals surface area contributed by atoms with Crippen molar-refractivity contribution in [3.8, 4) is 0 Å². The van der Waals surface area contributed by atoms with Gasteiger partial charge in [-0.2, -0.15) is 0 Å². The molecule has 0 fully saturated rings. The van der Waals surface area contributed by atoms with Gasteiger partial charge >= 0.3 is 0 Å². The Morgan fingerprint density at radius 1 is 1.00 bits per heavy atom. The maximum absolute atomic E-state index is 13.7. The largest absolute Gasteiger partial charge is 0.306 e. The number of rotatable bonds is 4. The Morgan fingerprint density at radius 3 is 2.05 bits per heavy atom. The zero-order chi connectivity index (χ0) is 15.6. The first-order chi connectivity index (χ1) is 9.90. The molecule has 0 heterocycles. The predicted molar refractivity (Wildman–Crippen MR) is 77.5 cm³/mol. The summed E-state index contributed by atoms with van der Waals surface area (Å²) >= 11 is 0. The van der Waals surface area contributed by atoms with Crippen LogP contribution in [0.2, 0.25) is 0 Å². The van der Waals surface area contributed by atoms with Crippen molar-refractivity contribution in [3.05, 3.63) is 70.0 Å². The smallest absolute Gasteiger partial charge is 0.130 e. The van der Waals surface area contributed by atoms with E-state index < -0.39 is 17.7 Å². The maximum atomic E-state index is 13.7. The van der Waals surface area contributed by atoms with Crippen molar-refractivity contribution in [1.82, 2.24) is 5.32 Å². The monoisotopic (exact) mass is 293 g/mol.